The van der Waals surface area contributed by atoms with E-state index < -0.39 is 10.0 Å². The van der Waals surface area contributed by atoms with Crippen LogP contribution >= 0.6 is 0 Å². The van der Waals surface area contributed by atoms with Gasteiger partial charge in [-0.2, -0.15) is 5.10 Å². The van der Waals surface area contributed by atoms with Crippen LogP contribution < -0.4 is 0 Å². The van der Waals surface area contributed by atoms with E-state index in [1.165, 1.54) is 32.3 Å². The second-order valence-corrected chi connectivity index (χ2v) is 9.62. The van der Waals surface area contributed by atoms with Crippen LogP contribution in [0.3, 0.4) is 0 Å². The number of allylic oxidation sites excluding steroid dienone is 1. The van der Waals surface area contributed by atoms with Gasteiger partial charge >= 0.3 is 0 Å². The van der Waals surface area contributed by atoms with Gasteiger partial charge in [-0.15, -0.1) is 0 Å². The Morgan fingerprint density at radius 3 is 2.48 bits per heavy atom. The van der Waals surface area contributed by atoms with Crippen LogP contribution in [-0.4, -0.2) is 47.4 Å². The SMILES string of the molecule is CN(C)S(=O)(=O)c1cccc(C(=O)/C=C/c2cn(-c3ccccc3)nc2-c2cccnc2)c1. The molecule has 0 saturated carbocycles. The predicted molar refractivity (Wildman–Crippen MR) is 127 cm³/mol. The highest BCUT2D eigenvalue weighted by Gasteiger charge is 2.18. The Morgan fingerprint density at radius 2 is 1.79 bits per heavy atom. The summed E-state index contributed by atoms with van der Waals surface area (Å²) in [5, 5.41) is 4.70. The van der Waals surface area contributed by atoms with Crippen molar-refractivity contribution < 1.29 is 13.2 Å². The molecule has 0 fully saturated rings. The Morgan fingerprint density at radius 1 is 1.00 bits per heavy atom. The molecule has 7 nitrogen and oxygen atoms in total. The molecule has 0 bridgehead atoms. The number of hydrogen-bond acceptors (Lipinski definition) is 5. The van der Waals surface area contributed by atoms with Gasteiger partial charge in [0.05, 0.1) is 10.6 Å². The number of carbonyl (C=O) groups is 1. The number of aromatic nitrogens is 3. The number of benzene rings is 2. The van der Waals surface area contributed by atoms with Crippen molar-refractivity contribution in [2.45, 2.75) is 4.90 Å². The fourth-order valence-electron chi connectivity index (χ4n) is 3.23. The minimum absolute atomic E-state index is 0.0692. The van der Waals surface area contributed by atoms with Gasteiger partial charge < -0.3 is 0 Å². The summed E-state index contributed by atoms with van der Waals surface area (Å²) in [6, 6.07) is 19.4. The lowest BCUT2D eigenvalue weighted by molar-refractivity contribution is 0.104. The van der Waals surface area contributed by atoms with Crippen LogP contribution in [0, 0.1) is 0 Å². The van der Waals surface area contributed by atoms with Crippen molar-refractivity contribution in [1.29, 1.82) is 0 Å². The first kappa shape index (κ1) is 22.3. The average molecular weight is 459 g/mol. The second kappa shape index (κ2) is 9.32. The lowest BCUT2D eigenvalue weighted by Crippen LogP contribution is -2.22. The molecule has 0 aliphatic rings. The van der Waals surface area contributed by atoms with E-state index in [1.807, 2.05) is 48.7 Å². The number of nitrogens with zero attached hydrogens (tertiary/aromatic N) is 4. The maximum atomic E-state index is 12.9. The molecular weight excluding hydrogens is 436 g/mol. The van der Waals surface area contributed by atoms with Crippen LogP contribution in [0.15, 0.2) is 96.3 Å². The molecule has 166 valence electrons. The predicted octanol–water partition coefficient (Wildman–Crippen LogP) is 4.08. The van der Waals surface area contributed by atoms with Crippen LogP contribution in [0.4, 0.5) is 0 Å². The van der Waals surface area contributed by atoms with Gasteiger partial charge in [-0.25, -0.2) is 17.4 Å². The molecule has 0 atom stereocenters. The number of carbonyl (C=O) groups excluding carboxylic acids is 1. The maximum absolute atomic E-state index is 12.9. The standard InChI is InChI=1S/C25H22N4O3S/c1-28(2)33(31,32)23-12-6-8-19(16-23)24(30)14-13-21-18-29(22-10-4-3-5-11-22)27-25(21)20-9-7-15-26-17-20/h3-18H,1-2H3/b14-13+. The van der Waals surface area contributed by atoms with Gasteiger partial charge in [0.25, 0.3) is 0 Å². The van der Waals surface area contributed by atoms with E-state index in [1.54, 1.807) is 35.3 Å². The zero-order chi connectivity index (χ0) is 23.4. The van der Waals surface area contributed by atoms with Crippen LogP contribution in [0.25, 0.3) is 23.0 Å². The molecule has 0 amide bonds. The van der Waals surface area contributed by atoms with Crippen molar-refractivity contribution in [3.8, 4) is 16.9 Å². The van der Waals surface area contributed by atoms with Gasteiger partial charge in [0.15, 0.2) is 5.78 Å². The van der Waals surface area contributed by atoms with E-state index in [-0.39, 0.29) is 16.2 Å². The van der Waals surface area contributed by atoms with E-state index in [0.29, 0.717) is 5.69 Å². The lowest BCUT2D eigenvalue weighted by atomic mass is 10.1. The quantitative estimate of drug-likeness (QED) is 0.308. The van der Waals surface area contributed by atoms with Gasteiger partial charge in [0, 0.05) is 49.4 Å². The van der Waals surface area contributed by atoms with Crippen LogP contribution in [0.2, 0.25) is 0 Å². The molecule has 4 aromatic rings. The lowest BCUT2D eigenvalue weighted by Gasteiger charge is -2.11. The third-order valence-electron chi connectivity index (χ3n) is 5.01. The Kier molecular flexibility index (Phi) is 6.30. The zero-order valence-electron chi connectivity index (χ0n) is 18.2. The molecule has 4 rings (SSSR count). The second-order valence-electron chi connectivity index (χ2n) is 7.47. The summed E-state index contributed by atoms with van der Waals surface area (Å²) in [4.78, 5) is 17.1. The van der Waals surface area contributed by atoms with Crippen LogP contribution in [0.5, 0.6) is 0 Å². The van der Waals surface area contributed by atoms with E-state index in [4.69, 9.17) is 5.10 Å². The van der Waals surface area contributed by atoms with Gasteiger partial charge in [-0.3, -0.25) is 9.78 Å². The number of pyridine rings is 1. The van der Waals surface area contributed by atoms with Crippen LogP contribution in [-0.2, 0) is 10.0 Å². The number of hydrogen-bond donors (Lipinski definition) is 0. The van der Waals surface area contributed by atoms with E-state index in [2.05, 4.69) is 4.98 Å². The normalized spacial score (nSPS) is 11.8. The van der Waals surface area contributed by atoms with Crippen molar-refractivity contribution in [1.82, 2.24) is 19.1 Å². The molecule has 2 heterocycles. The number of sulfonamides is 1. The van der Waals surface area contributed by atoms with Gasteiger partial charge in [0.2, 0.25) is 10.0 Å². The van der Waals surface area contributed by atoms with Crippen LogP contribution in [0.1, 0.15) is 15.9 Å². The fourth-order valence-corrected chi connectivity index (χ4v) is 4.18. The van der Waals surface area contributed by atoms with Gasteiger partial charge in [-0.1, -0.05) is 30.3 Å². The number of ketones is 1. The van der Waals surface area contributed by atoms with Gasteiger partial charge in [-0.05, 0) is 48.6 Å². The van der Waals surface area contributed by atoms with E-state index in [9.17, 15) is 13.2 Å². The highest BCUT2D eigenvalue weighted by atomic mass is 32.2. The van der Waals surface area contributed by atoms with Crippen molar-refractivity contribution >= 4 is 21.9 Å². The largest absolute Gasteiger partial charge is 0.289 e. The first-order valence-electron chi connectivity index (χ1n) is 10.2. The third-order valence-corrected chi connectivity index (χ3v) is 6.82. The van der Waals surface area contributed by atoms with Gasteiger partial charge in [0.1, 0.15) is 5.69 Å². The summed E-state index contributed by atoms with van der Waals surface area (Å²) in [5.41, 5.74) is 3.40. The van der Waals surface area contributed by atoms with E-state index in [0.717, 1.165) is 21.1 Å². The van der Waals surface area contributed by atoms with Crippen molar-refractivity contribution in [2.75, 3.05) is 14.1 Å². The Hall–Kier alpha value is -3.88. The molecule has 2 aromatic carbocycles. The Bertz CT molecular complexity index is 1410. The molecule has 0 N–H and O–H groups in total. The monoisotopic (exact) mass is 458 g/mol. The highest BCUT2D eigenvalue weighted by molar-refractivity contribution is 7.89. The Balaban J connectivity index is 1.70. The molecule has 0 unspecified atom stereocenters. The minimum atomic E-state index is -3.63. The molecular formula is C25H22N4O3S. The smallest absolute Gasteiger partial charge is 0.242 e. The molecule has 0 radical (unpaired) electrons. The summed E-state index contributed by atoms with van der Waals surface area (Å²) in [6.07, 6.45) is 8.35. The summed E-state index contributed by atoms with van der Waals surface area (Å²) in [6.45, 7) is 0. The Labute approximate surface area is 192 Å². The topological polar surface area (TPSA) is 85.2 Å². The average Bonchev–Trinajstić information content (AvgIpc) is 3.28. The first-order valence-corrected chi connectivity index (χ1v) is 11.6. The maximum Gasteiger partial charge on any atom is 0.242 e. The zero-order valence-corrected chi connectivity index (χ0v) is 19.0. The minimum Gasteiger partial charge on any atom is -0.289 e. The fraction of sp³-hybridized carbons (Fsp3) is 0.0800. The summed E-state index contributed by atoms with van der Waals surface area (Å²) >= 11 is 0. The molecule has 2 aromatic heterocycles. The van der Waals surface area contributed by atoms with E-state index >= 15 is 0 Å². The summed E-state index contributed by atoms with van der Waals surface area (Å²) in [5.74, 6) is -0.310. The summed E-state index contributed by atoms with van der Waals surface area (Å²) < 4.78 is 27.7. The first-order chi connectivity index (χ1) is 15.9. The molecule has 0 spiro atoms. The molecule has 8 heteroatoms. The highest BCUT2D eigenvalue weighted by Crippen LogP contribution is 2.24. The summed E-state index contributed by atoms with van der Waals surface area (Å²) in [7, 11) is -0.728. The molecule has 0 aliphatic carbocycles. The van der Waals surface area contributed by atoms with Crippen molar-refractivity contribution in [3.63, 3.8) is 0 Å². The molecule has 0 saturated heterocycles. The molecule has 0 aliphatic heterocycles. The third kappa shape index (κ3) is 4.82. The van der Waals surface area contributed by atoms with Crippen molar-refractivity contribution in [2.24, 2.45) is 0 Å². The number of rotatable bonds is 7. The van der Waals surface area contributed by atoms with Crippen molar-refractivity contribution in [3.05, 3.63) is 103 Å². The number of para-hydroxylation sites is 1. The molecule has 33 heavy (non-hydrogen) atoms.